The first-order valence-corrected chi connectivity index (χ1v) is 17.1. The van der Waals surface area contributed by atoms with Gasteiger partial charge in [-0.2, -0.15) is 0 Å². The number of nitrogens with zero attached hydrogens (tertiary/aromatic N) is 1. The zero-order chi connectivity index (χ0) is 35.4. The molecule has 11 heteroatoms. The fourth-order valence-corrected chi connectivity index (χ4v) is 6.31. The molecule has 0 spiro atoms. The SMILES string of the molecule is CCCCCCCC(=O)C[C@@H](CCCCN)C(=O)N(C)[C@@H]1C(=O)C[C@@H](C)C(=O)N[C@H](C(=O)O)Cc2ccc(O)c(c2)-c2cc1ccc2O. The summed E-state index contributed by atoms with van der Waals surface area (Å²) in [6, 6.07) is 6.34. The predicted octanol–water partition coefficient (Wildman–Crippen LogP) is 5.05. The summed E-state index contributed by atoms with van der Waals surface area (Å²) in [7, 11) is 1.50. The summed E-state index contributed by atoms with van der Waals surface area (Å²) in [4.78, 5) is 67.9. The molecule has 0 saturated carbocycles. The molecular weight excluding hydrogens is 614 g/mol. The van der Waals surface area contributed by atoms with Gasteiger partial charge < -0.3 is 31.3 Å². The van der Waals surface area contributed by atoms with Gasteiger partial charge in [-0.1, -0.05) is 58.1 Å². The number of unbranched alkanes of at least 4 members (excludes halogenated alkanes) is 5. The van der Waals surface area contributed by atoms with Crippen LogP contribution in [0.3, 0.4) is 0 Å². The summed E-state index contributed by atoms with van der Waals surface area (Å²) in [5, 5.41) is 34.0. The van der Waals surface area contributed by atoms with Crippen molar-refractivity contribution in [2.45, 2.75) is 103 Å². The number of benzene rings is 2. The molecule has 2 aromatic carbocycles. The lowest BCUT2D eigenvalue weighted by atomic mass is 9.88. The molecule has 2 amide bonds. The van der Waals surface area contributed by atoms with E-state index in [0.29, 0.717) is 43.4 Å². The minimum atomic E-state index is -1.31. The molecule has 6 N–H and O–H groups in total. The van der Waals surface area contributed by atoms with E-state index in [1.54, 1.807) is 0 Å². The number of hydrogen-bond donors (Lipinski definition) is 5. The van der Waals surface area contributed by atoms with E-state index in [-0.39, 0.29) is 47.7 Å². The molecule has 0 unspecified atom stereocenters. The average molecular weight is 666 g/mol. The molecule has 2 aromatic rings. The number of nitrogens with one attached hydrogen (secondary N) is 1. The number of Topliss-reactive ketones (excluding diaryl/α,β-unsaturated/α-hetero) is 2. The van der Waals surface area contributed by atoms with Crippen molar-refractivity contribution in [3.05, 3.63) is 47.5 Å². The van der Waals surface area contributed by atoms with Crippen LogP contribution in [0, 0.1) is 11.8 Å². The van der Waals surface area contributed by atoms with Crippen LogP contribution in [-0.4, -0.2) is 69.2 Å². The number of carboxylic acid groups (broad SMARTS) is 1. The first-order chi connectivity index (χ1) is 22.9. The van der Waals surface area contributed by atoms with Gasteiger partial charge in [-0.15, -0.1) is 0 Å². The minimum absolute atomic E-state index is 0.0103. The summed E-state index contributed by atoms with van der Waals surface area (Å²) < 4.78 is 0. The average Bonchev–Trinajstić information content (AvgIpc) is 3.04. The quantitative estimate of drug-likeness (QED) is 0.162. The highest BCUT2D eigenvalue weighted by atomic mass is 16.4. The van der Waals surface area contributed by atoms with Gasteiger partial charge in [0.25, 0.3) is 0 Å². The summed E-state index contributed by atoms with van der Waals surface area (Å²) in [6.07, 6.45) is 6.70. The van der Waals surface area contributed by atoms with Crippen molar-refractivity contribution in [3.8, 4) is 22.6 Å². The number of aliphatic carboxylic acids is 1. The molecule has 48 heavy (non-hydrogen) atoms. The Labute approximate surface area is 282 Å². The Kier molecular flexibility index (Phi) is 14.6. The van der Waals surface area contributed by atoms with Crippen LogP contribution in [0.4, 0.5) is 0 Å². The van der Waals surface area contributed by atoms with E-state index in [9.17, 15) is 39.3 Å². The number of fused-ring (bicyclic) bond motifs is 5. The first kappa shape index (κ1) is 38.2. The molecule has 3 rings (SSSR count). The molecule has 0 aliphatic carbocycles. The Morgan fingerprint density at radius 2 is 1.60 bits per heavy atom. The van der Waals surface area contributed by atoms with E-state index in [2.05, 4.69) is 12.2 Å². The second-order valence-electron chi connectivity index (χ2n) is 13.0. The number of nitrogens with two attached hydrogens (primary N) is 1. The Balaban J connectivity index is 2.04. The zero-order valence-electron chi connectivity index (χ0n) is 28.4. The van der Waals surface area contributed by atoms with Crippen LogP contribution in [0.15, 0.2) is 36.4 Å². The molecule has 0 radical (unpaired) electrons. The summed E-state index contributed by atoms with van der Waals surface area (Å²) in [6.45, 7) is 4.09. The lowest BCUT2D eigenvalue weighted by molar-refractivity contribution is -0.144. The van der Waals surface area contributed by atoms with Gasteiger partial charge in [0, 0.05) is 55.7 Å². The number of amides is 2. The normalized spacial score (nSPS) is 18.8. The standard InChI is InChI=1S/C37H51N3O8/c1-4-5-6-7-8-12-27(41)21-26(11-9-10-17-38)36(46)40(3)34-25-14-16-32(43)29(22-25)28-19-24(13-15-31(28)42)20-30(37(47)48)39-35(45)23(2)18-33(34)44/h13-16,19,22-23,26,30,34,42-43H,4-12,17-18,20-21,38H2,1-3H3,(H,39,45)(H,47,48)/t23-,26-,30+,34+/m1/s1. The van der Waals surface area contributed by atoms with Crippen LogP contribution in [-0.2, 0) is 30.4 Å². The minimum Gasteiger partial charge on any atom is -0.507 e. The molecule has 0 saturated heterocycles. The summed E-state index contributed by atoms with van der Waals surface area (Å²) in [5.41, 5.74) is 6.93. The number of aromatic hydroxyl groups is 2. The highest BCUT2D eigenvalue weighted by Gasteiger charge is 2.35. The van der Waals surface area contributed by atoms with E-state index in [1.807, 2.05) is 0 Å². The fraction of sp³-hybridized carbons (Fsp3) is 0.541. The Hall–Kier alpha value is -4.25. The number of carboxylic acids is 1. The van der Waals surface area contributed by atoms with E-state index < -0.39 is 47.5 Å². The Morgan fingerprint density at radius 1 is 0.938 bits per heavy atom. The maximum absolute atomic E-state index is 14.2. The maximum atomic E-state index is 14.2. The van der Waals surface area contributed by atoms with Gasteiger partial charge >= 0.3 is 5.97 Å². The fourth-order valence-electron chi connectivity index (χ4n) is 6.31. The lowest BCUT2D eigenvalue weighted by Crippen LogP contribution is -2.45. The van der Waals surface area contributed by atoms with Crippen molar-refractivity contribution in [3.63, 3.8) is 0 Å². The highest BCUT2D eigenvalue weighted by molar-refractivity contribution is 5.95. The van der Waals surface area contributed by atoms with E-state index in [1.165, 1.54) is 55.3 Å². The van der Waals surface area contributed by atoms with Crippen LogP contribution >= 0.6 is 0 Å². The molecular formula is C37H51N3O8. The van der Waals surface area contributed by atoms with Gasteiger partial charge in [-0.3, -0.25) is 19.2 Å². The lowest BCUT2D eigenvalue weighted by Gasteiger charge is -2.32. The molecule has 1 aliphatic heterocycles. The third-order valence-corrected chi connectivity index (χ3v) is 9.13. The number of hydrogen-bond acceptors (Lipinski definition) is 8. The van der Waals surface area contributed by atoms with Crippen LogP contribution in [0.1, 0.15) is 102 Å². The van der Waals surface area contributed by atoms with E-state index in [4.69, 9.17) is 5.73 Å². The number of rotatable bonds is 15. The zero-order valence-corrected chi connectivity index (χ0v) is 28.4. The number of carbonyl (C=O) groups excluding carboxylic acids is 4. The van der Waals surface area contributed by atoms with Crippen molar-refractivity contribution in [1.82, 2.24) is 10.2 Å². The summed E-state index contributed by atoms with van der Waals surface area (Å²) in [5.74, 6) is -4.77. The largest absolute Gasteiger partial charge is 0.507 e. The number of likely N-dealkylation sites (N-methyl/N-ethyl adjacent to an activating group) is 1. The topological polar surface area (TPSA) is 187 Å². The third-order valence-electron chi connectivity index (χ3n) is 9.13. The third kappa shape index (κ3) is 10.4. The van der Waals surface area contributed by atoms with Gasteiger partial charge in [0.15, 0.2) is 5.78 Å². The highest BCUT2D eigenvalue weighted by Crippen LogP contribution is 2.39. The number of carbonyl (C=O) groups is 5. The first-order valence-electron chi connectivity index (χ1n) is 17.1. The molecule has 262 valence electrons. The van der Waals surface area contributed by atoms with Crippen molar-refractivity contribution < 1.29 is 39.3 Å². The molecule has 11 nitrogen and oxygen atoms in total. The van der Waals surface area contributed by atoms with Crippen molar-refractivity contribution >= 4 is 29.4 Å². The molecule has 4 atom stereocenters. The van der Waals surface area contributed by atoms with Gasteiger partial charge in [-0.05, 0) is 61.2 Å². The van der Waals surface area contributed by atoms with Crippen LogP contribution in [0.5, 0.6) is 11.5 Å². The second-order valence-corrected chi connectivity index (χ2v) is 13.0. The van der Waals surface area contributed by atoms with Gasteiger partial charge in [-0.25, -0.2) is 4.79 Å². The van der Waals surface area contributed by atoms with Crippen LogP contribution in [0.25, 0.3) is 11.1 Å². The molecule has 1 aliphatic rings. The van der Waals surface area contributed by atoms with Gasteiger partial charge in [0.1, 0.15) is 29.4 Å². The van der Waals surface area contributed by atoms with Crippen LogP contribution in [0.2, 0.25) is 0 Å². The monoisotopic (exact) mass is 665 g/mol. The predicted molar refractivity (Wildman–Crippen MR) is 182 cm³/mol. The molecule has 0 fully saturated rings. The molecule has 1 heterocycles. The van der Waals surface area contributed by atoms with Gasteiger partial charge in [0.05, 0.1) is 0 Å². The molecule has 0 aromatic heterocycles. The number of phenols is 2. The molecule has 4 bridgehead atoms. The number of ketones is 2. The van der Waals surface area contributed by atoms with Crippen molar-refractivity contribution in [2.75, 3.05) is 13.6 Å². The summed E-state index contributed by atoms with van der Waals surface area (Å²) >= 11 is 0. The van der Waals surface area contributed by atoms with Crippen molar-refractivity contribution in [1.29, 1.82) is 0 Å². The van der Waals surface area contributed by atoms with Crippen molar-refractivity contribution in [2.24, 2.45) is 17.6 Å². The second kappa shape index (κ2) is 18.3. The smallest absolute Gasteiger partial charge is 0.326 e. The Morgan fingerprint density at radius 3 is 2.27 bits per heavy atom. The van der Waals surface area contributed by atoms with E-state index >= 15 is 0 Å². The van der Waals surface area contributed by atoms with Crippen LogP contribution < -0.4 is 11.1 Å². The number of phenolic OH excluding ortho intramolecular Hbond substituents is 2. The van der Waals surface area contributed by atoms with E-state index in [0.717, 1.165) is 32.1 Å². The Bertz CT molecular complexity index is 1460. The maximum Gasteiger partial charge on any atom is 0.326 e. The van der Waals surface area contributed by atoms with Gasteiger partial charge in [0.2, 0.25) is 11.8 Å².